The van der Waals surface area contributed by atoms with E-state index in [1.807, 2.05) is 0 Å². The number of carbonyl (C=O) groups excluding carboxylic acids is 2. The van der Waals surface area contributed by atoms with Crippen LogP contribution in [0.1, 0.15) is 42.6 Å². The molecule has 0 bridgehead atoms. The maximum absolute atomic E-state index is 13.0. The molecular weight excluding hydrogens is 374 g/mol. The second-order valence-corrected chi connectivity index (χ2v) is 7.46. The summed E-state index contributed by atoms with van der Waals surface area (Å²) in [5.41, 5.74) is 0.875. The predicted molar refractivity (Wildman–Crippen MR) is 105 cm³/mol. The summed E-state index contributed by atoms with van der Waals surface area (Å²) in [5, 5.41) is 6.94. The Bertz CT molecular complexity index is 901. The zero-order valence-corrected chi connectivity index (χ0v) is 16.6. The van der Waals surface area contributed by atoms with Crippen molar-refractivity contribution in [3.8, 4) is 22.8 Å². The molecule has 0 saturated heterocycles. The summed E-state index contributed by atoms with van der Waals surface area (Å²) in [6.45, 7) is 0.382. The van der Waals surface area contributed by atoms with Crippen LogP contribution in [0.4, 0.5) is 0 Å². The Labute approximate surface area is 169 Å². The van der Waals surface area contributed by atoms with Crippen molar-refractivity contribution in [1.82, 2.24) is 15.4 Å². The van der Waals surface area contributed by atoms with Gasteiger partial charge in [0.1, 0.15) is 11.5 Å². The summed E-state index contributed by atoms with van der Waals surface area (Å²) in [5.74, 6) is 1.44. The van der Waals surface area contributed by atoms with Gasteiger partial charge < -0.3 is 24.2 Å². The molecule has 1 aromatic carbocycles. The van der Waals surface area contributed by atoms with Crippen LogP contribution in [0.15, 0.2) is 28.8 Å². The highest BCUT2D eigenvalue weighted by Gasteiger charge is 2.35. The first-order valence-corrected chi connectivity index (χ1v) is 9.88. The second kappa shape index (κ2) is 8.14. The lowest BCUT2D eigenvalue weighted by molar-refractivity contribution is -0.121. The maximum atomic E-state index is 13.0. The Hall–Kier alpha value is -3.03. The van der Waals surface area contributed by atoms with Crippen LogP contribution in [0.25, 0.3) is 11.3 Å². The van der Waals surface area contributed by atoms with Crippen LogP contribution < -0.4 is 14.8 Å². The Morgan fingerprint density at radius 1 is 1.17 bits per heavy atom. The number of hydrogen-bond acceptors (Lipinski definition) is 6. The summed E-state index contributed by atoms with van der Waals surface area (Å²) >= 11 is 0. The standard InChI is InChI=1S/C21H25N3O5/c1-27-15-7-8-18(28-2)16(11-15)19-12-17(23-29-19)21(26)24(14-5-6-14)10-9-20(25)22-13-3-4-13/h7-8,11-14H,3-6,9-10H2,1-2H3,(H,22,25). The molecule has 29 heavy (non-hydrogen) atoms. The SMILES string of the molecule is COc1ccc(OC)c(-c2cc(C(=O)N(CCC(=O)NC3CC3)C3CC3)no2)c1. The molecule has 0 unspecified atom stereocenters. The van der Waals surface area contributed by atoms with Crippen molar-refractivity contribution in [2.24, 2.45) is 0 Å². The summed E-state index contributed by atoms with van der Waals surface area (Å²) < 4.78 is 16.1. The number of hydrogen-bond donors (Lipinski definition) is 1. The van der Waals surface area contributed by atoms with Crippen molar-refractivity contribution in [2.45, 2.75) is 44.2 Å². The molecule has 8 heteroatoms. The maximum Gasteiger partial charge on any atom is 0.276 e. The van der Waals surface area contributed by atoms with Crippen molar-refractivity contribution in [3.05, 3.63) is 30.0 Å². The number of aromatic nitrogens is 1. The first kappa shape index (κ1) is 19.3. The summed E-state index contributed by atoms with van der Waals surface area (Å²) in [7, 11) is 3.14. The Morgan fingerprint density at radius 3 is 2.62 bits per heavy atom. The average Bonchev–Trinajstić information content (AvgIpc) is 3.67. The molecule has 1 aromatic heterocycles. The third-order valence-electron chi connectivity index (χ3n) is 5.17. The fourth-order valence-electron chi connectivity index (χ4n) is 3.24. The minimum atomic E-state index is -0.219. The normalized spacial score (nSPS) is 15.7. The molecule has 0 aliphatic heterocycles. The zero-order chi connectivity index (χ0) is 20.4. The van der Waals surface area contributed by atoms with Gasteiger partial charge in [-0.25, -0.2) is 0 Å². The third kappa shape index (κ3) is 4.52. The second-order valence-electron chi connectivity index (χ2n) is 7.46. The van der Waals surface area contributed by atoms with Crippen LogP contribution in [0.2, 0.25) is 0 Å². The number of carbonyl (C=O) groups is 2. The van der Waals surface area contributed by atoms with Crippen molar-refractivity contribution in [2.75, 3.05) is 20.8 Å². The van der Waals surface area contributed by atoms with Crippen LogP contribution in [0, 0.1) is 0 Å². The van der Waals surface area contributed by atoms with Gasteiger partial charge in [-0.15, -0.1) is 0 Å². The van der Waals surface area contributed by atoms with E-state index in [-0.39, 0.29) is 23.6 Å². The molecule has 2 saturated carbocycles. The van der Waals surface area contributed by atoms with Gasteiger partial charge in [-0.2, -0.15) is 0 Å². The third-order valence-corrected chi connectivity index (χ3v) is 5.17. The number of rotatable bonds is 9. The number of amides is 2. The molecule has 154 valence electrons. The van der Waals surface area contributed by atoms with E-state index in [0.717, 1.165) is 25.7 Å². The number of methoxy groups -OCH3 is 2. The highest BCUT2D eigenvalue weighted by atomic mass is 16.5. The summed E-state index contributed by atoms with van der Waals surface area (Å²) in [6, 6.07) is 7.43. The van der Waals surface area contributed by atoms with Crippen LogP contribution in [-0.2, 0) is 4.79 Å². The largest absolute Gasteiger partial charge is 0.497 e. The average molecular weight is 399 g/mol. The van der Waals surface area contributed by atoms with Gasteiger partial charge in [0.15, 0.2) is 11.5 Å². The molecule has 2 aromatic rings. The lowest BCUT2D eigenvalue weighted by Gasteiger charge is -2.20. The van der Waals surface area contributed by atoms with E-state index >= 15 is 0 Å². The number of benzene rings is 1. The Morgan fingerprint density at radius 2 is 1.97 bits per heavy atom. The highest BCUT2D eigenvalue weighted by Crippen LogP contribution is 2.34. The van der Waals surface area contributed by atoms with E-state index in [1.165, 1.54) is 0 Å². The van der Waals surface area contributed by atoms with Crippen LogP contribution >= 0.6 is 0 Å². The molecule has 1 heterocycles. The number of nitrogens with zero attached hydrogens (tertiary/aromatic N) is 2. The first-order valence-electron chi connectivity index (χ1n) is 9.88. The molecule has 2 aliphatic carbocycles. The molecule has 4 rings (SSSR count). The number of nitrogens with one attached hydrogen (secondary N) is 1. The summed E-state index contributed by atoms with van der Waals surface area (Å²) in [6.07, 6.45) is 4.29. The van der Waals surface area contributed by atoms with Gasteiger partial charge in [0.05, 0.1) is 19.8 Å². The molecule has 0 atom stereocenters. The van der Waals surface area contributed by atoms with E-state index in [1.54, 1.807) is 43.4 Å². The van der Waals surface area contributed by atoms with Crippen LogP contribution in [-0.4, -0.2) is 54.7 Å². The van der Waals surface area contributed by atoms with Crippen molar-refractivity contribution in [3.63, 3.8) is 0 Å². The van der Waals surface area contributed by atoms with Crippen molar-refractivity contribution in [1.29, 1.82) is 0 Å². The van der Waals surface area contributed by atoms with E-state index in [9.17, 15) is 9.59 Å². The fraction of sp³-hybridized carbons (Fsp3) is 0.476. The lowest BCUT2D eigenvalue weighted by atomic mass is 10.1. The molecule has 2 fully saturated rings. The van der Waals surface area contributed by atoms with Gasteiger partial charge in [-0.1, -0.05) is 5.16 Å². The minimum Gasteiger partial charge on any atom is -0.497 e. The van der Waals surface area contributed by atoms with Gasteiger partial charge in [-0.05, 0) is 43.9 Å². The van der Waals surface area contributed by atoms with Gasteiger partial charge in [0.25, 0.3) is 5.91 Å². The van der Waals surface area contributed by atoms with Gasteiger partial charge in [0.2, 0.25) is 5.91 Å². The highest BCUT2D eigenvalue weighted by molar-refractivity contribution is 5.94. The minimum absolute atomic E-state index is 0.00657. The molecule has 8 nitrogen and oxygen atoms in total. The summed E-state index contributed by atoms with van der Waals surface area (Å²) in [4.78, 5) is 26.8. The molecular formula is C21H25N3O5. The fourth-order valence-corrected chi connectivity index (χ4v) is 3.24. The lowest BCUT2D eigenvalue weighted by Crippen LogP contribution is -2.37. The topological polar surface area (TPSA) is 93.9 Å². The smallest absolute Gasteiger partial charge is 0.276 e. The zero-order valence-electron chi connectivity index (χ0n) is 16.6. The van der Waals surface area contributed by atoms with Crippen molar-refractivity contribution >= 4 is 11.8 Å². The quantitative estimate of drug-likeness (QED) is 0.697. The van der Waals surface area contributed by atoms with E-state index < -0.39 is 0 Å². The first-order chi connectivity index (χ1) is 14.1. The monoisotopic (exact) mass is 399 g/mol. The van der Waals surface area contributed by atoms with Crippen LogP contribution in [0.5, 0.6) is 11.5 Å². The van der Waals surface area contributed by atoms with Crippen LogP contribution in [0.3, 0.4) is 0 Å². The predicted octanol–water partition coefficient (Wildman–Crippen LogP) is 2.63. The molecule has 0 radical (unpaired) electrons. The van der Waals surface area contributed by atoms with Gasteiger partial charge in [-0.3, -0.25) is 9.59 Å². The van der Waals surface area contributed by atoms with Gasteiger partial charge >= 0.3 is 0 Å². The molecule has 2 aliphatic rings. The Kier molecular flexibility index (Phi) is 5.42. The molecule has 1 N–H and O–H groups in total. The molecule has 2 amide bonds. The number of ether oxygens (including phenoxy) is 2. The van der Waals surface area contributed by atoms with E-state index in [2.05, 4.69) is 10.5 Å². The van der Waals surface area contributed by atoms with E-state index in [0.29, 0.717) is 41.8 Å². The van der Waals surface area contributed by atoms with Crippen molar-refractivity contribution < 1.29 is 23.6 Å². The molecule has 0 spiro atoms. The van der Waals surface area contributed by atoms with Gasteiger partial charge in [0, 0.05) is 31.1 Å². The Balaban J connectivity index is 1.48. The van der Waals surface area contributed by atoms with E-state index in [4.69, 9.17) is 14.0 Å².